The zero-order valence-corrected chi connectivity index (χ0v) is 19.5. The van der Waals surface area contributed by atoms with Gasteiger partial charge in [0, 0.05) is 33.1 Å². The van der Waals surface area contributed by atoms with Crippen molar-refractivity contribution in [3.05, 3.63) is 91.8 Å². The third kappa shape index (κ3) is 4.54. The molecule has 0 N–H and O–H groups in total. The van der Waals surface area contributed by atoms with Crippen LogP contribution in [0.5, 0.6) is 0 Å². The predicted octanol–water partition coefficient (Wildman–Crippen LogP) is 1.36. The number of amides is 2. The third-order valence-corrected chi connectivity index (χ3v) is 6.11. The van der Waals surface area contributed by atoms with Crippen LogP contribution in [0.15, 0.2) is 58.1 Å². The highest BCUT2D eigenvalue weighted by atomic mass is 16.2. The highest BCUT2D eigenvalue weighted by Crippen LogP contribution is 2.11. The lowest BCUT2D eigenvalue weighted by molar-refractivity contribution is -0.130. The lowest BCUT2D eigenvalue weighted by Crippen LogP contribution is -2.52. The molecule has 2 amide bonds. The summed E-state index contributed by atoms with van der Waals surface area (Å²) in [5, 5.41) is 4.24. The van der Waals surface area contributed by atoms with Gasteiger partial charge in [-0.2, -0.15) is 9.78 Å². The number of carbonyl (C=O) groups excluding carboxylic acids is 2. The van der Waals surface area contributed by atoms with Gasteiger partial charge in [0.2, 0.25) is 11.6 Å². The minimum atomic E-state index is -0.726. The van der Waals surface area contributed by atoms with Crippen molar-refractivity contribution in [1.29, 1.82) is 0 Å². The first-order valence-corrected chi connectivity index (χ1v) is 11.2. The number of aryl methyl sites for hydroxylation is 2. The molecule has 0 bridgehead atoms. The van der Waals surface area contributed by atoms with Crippen molar-refractivity contribution in [1.82, 2.24) is 24.1 Å². The van der Waals surface area contributed by atoms with E-state index in [0.717, 1.165) is 25.9 Å². The zero-order chi connectivity index (χ0) is 24.4. The van der Waals surface area contributed by atoms with Crippen LogP contribution < -0.4 is 11.2 Å². The minimum absolute atomic E-state index is 0.0249. The molecule has 1 aromatic heterocycles. The van der Waals surface area contributed by atoms with E-state index in [1.807, 2.05) is 44.2 Å². The standard InChI is InChI=1S/C25H27N5O4/c1-17-7-6-10-21(15-17)30-25(34)29(16-20-9-5-4-8-18(20)2)24(33)22(26-30)23(32)28-13-11-27(12-14-28)19(3)31/h4-10,15H,11-14,16H2,1-3H3. The fourth-order valence-corrected chi connectivity index (χ4v) is 4.05. The van der Waals surface area contributed by atoms with Crippen molar-refractivity contribution in [3.8, 4) is 5.69 Å². The Labute approximate surface area is 196 Å². The molecule has 9 nitrogen and oxygen atoms in total. The molecule has 34 heavy (non-hydrogen) atoms. The molecule has 0 spiro atoms. The van der Waals surface area contributed by atoms with Crippen LogP contribution in [-0.2, 0) is 11.3 Å². The molecule has 1 aliphatic heterocycles. The summed E-state index contributed by atoms with van der Waals surface area (Å²) >= 11 is 0. The van der Waals surface area contributed by atoms with Gasteiger partial charge in [-0.15, -0.1) is 0 Å². The van der Waals surface area contributed by atoms with E-state index in [9.17, 15) is 19.2 Å². The van der Waals surface area contributed by atoms with Crippen molar-refractivity contribution in [3.63, 3.8) is 0 Å². The molecule has 1 aliphatic rings. The first-order chi connectivity index (χ1) is 16.3. The van der Waals surface area contributed by atoms with Crippen LogP contribution >= 0.6 is 0 Å². The molecule has 0 radical (unpaired) electrons. The second-order valence-electron chi connectivity index (χ2n) is 8.50. The van der Waals surface area contributed by atoms with Gasteiger partial charge in [-0.05, 0) is 42.7 Å². The Morgan fingerprint density at radius 2 is 1.59 bits per heavy atom. The van der Waals surface area contributed by atoms with E-state index in [4.69, 9.17) is 0 Å². The van der Waals surface area contributed by atoms with Gasteiger partial charge in [0.05, 0.1) is 12.2 Å². The van der Waals surface area contributed by atoms with Crippen LogP contribution in [-0.4, -0.2) is 62.1 Å². The number of hydrogen-bond donors (Lipinski definition) is 0. The maximum absolute atomic E-state index is 13.4. The summed E-state index contributed by atoms with van der Waals surface area (Å²) in [6, 6.07) is 14.6. The van der Waals surface area contributed by atoms with Gasteiger partial charge in [0.15, 0.2) is 0 Å². The molecule has 0 saturated carbocycles. The summed E-state index contributed by atoms with van der Waals surface area (Å²) in [5.74, 6) is -0.605. The highest BCUT2D eigenvalue weighted by molar-refractivity contribution is 5.92. The first-order valence-electron chi connectivity index (χ1n) is 11.2. The molecular weight excluding hydrogens is 434 g/mol. The molecule has 9 heteroatoms. The Morgan fingerprint density at radius 1 is 0.912 bits per heavy atom. The SMILES string of the molecule is CC(=O)N1CCN(C(=O)c2nn(-c3cccc(C)c3)c(=O)n(Cc3ccccc3C)c2=O)CC1. The van der Waals surface area contributed by atoms with Gasteiger partial charge < -0.3 is 9.80 Å². The smallest absolute Gasteiger partial charge is 0.339 e. The number of aromatic nitrogens is 3. The normalized spacial score (nSPS) is 13.7. The largest absolute Gasteiger partial charge is 0.352 e. The zero-order valence-electron chi connectivity index (χ0n) is 19.5. The summed E-state index contributed by atoms with van der Waals surface area (Å²) in [7, 11) is 0. The van der Waals surface area contributed by atoms with Gasteiger partial charge in [0.25, 0.3) is 11.5 Å². The van der Waals surface area contributed by atoms with Crippen LogP contribution in [0.4, 0.5) is 0 Å². The number of nitrogens with zero attached hydrogens (tertiary/aromatic N) is 5. The van der Waals surface area contributed by atoms with Crippen molar-refractivity contribution in [2.24, 2.45) is 0 Å². The summed E-state index contributed by atoms with van der Waals surface area (Å²) in [6.45, 7) is 6.66. The van der Waals surface area contributed by atoms with E-state index < -0.39 is 17.2 Å². The molecule has 3 aromatic rings. The van der Waals surface area contributed by atoms with Gasteiger partial charge in [-0.3, -0.25) is 19.0 Å². The number of piperazine rings is 1. The van der Waals surface area contributed by atoms with Gasteiger partial charge >= 0.3 is 5.69 Å². The summed E-state index contributed by atoms with van der Waals surface area (Å²) in [5.41, 5.74) is 1.46. The van der Waals surface area contributed by atoms with E-state index in [-0.39, 0.29) is 18.1 Å². The first kappa shape index (κ1) is 23.2. The molecule has 0 aliphatic carbocycles. The van der Waals surface area contributed by atoms with Crippen LogP contribution in [0.25, 0.3) is 5.69 Å². The number of benzene rings is 2. The summed E-state index contributed by atoms with van der Waals surface area (Å²) in [6.07, 6.45) is 0. The molecule has 1 saturated heterocycles. The van der Waals surface area contributed by atoms with Crippen molar-refractivity contribution in [2.75, 3.05) is 26.2 Å². The Morgan fingerprint density at radius 3 is 2.24 bits per heavy atom. The van der Waals surface area contributed by atoms with Crippen molar-refractivity contribution >= 4 is 11.8 Å². The Bertz CT molecular complexity index is 1370. The topological polar surface area (TPSA) is 97.5 Å². The number of rotatable bonds is 4. The second-order valence-corrected chi connectivity index (χ2v) is 8.50. The average molecular weight is 462 g/mol. The van der Waals surface area contributed by atoms with E-state index in [2.05, 4.69) is 5.10 Å². The van der Waals surface area contributed by atoms with Crippen molar-refractivity contribution < 1.29 is 9.59 Å². The molecule has 176 valence electrons. The molecule has 0 unspecified atom stereocenters. The van der Waals surface area contributed by atoms with Crippen molar-refractivity contribution in [2.45, 2.75) is 27.3 Å². The number of carbonyl (C=O) groups is 2. The molecule has 4 rings (SSSR count). The number of hydrogen-bond acceptors (Lipinski definition) is 5. The molecule has 2 aromatic carbocycles. The summed E-state index contributed by atoms with van der Waals surface area (Å²) < 4.78 is 2.18. The second kappa shape index (κ2) is 9.46. The quantitative estimate of drug-likeness (QED) is 0.585. The average Bonchev–Trinajstić information content (AvgIpc) is 2.82. The van der Waals surface area contributed by atoms with E-state index in [1.54, 1.807) is 23.1 Å². The van der Waals surface area contributed by atoms with E-state index in [1.165, 1.54) is 11.8 Å². The van der Waals surface area contributed by atoms with Gasteiger partial charge in [-0.25, -0.2) is 4.79 Å². The maximum Gasteiger partial charge on any atom is 0.352 e. The minimum Gasteiger partial charge on any atom is -0.339 e. The molecule has 0 atom stereocenters. The third-order valence-electron chi connectivity index (χ3n) is 6.11. The lowest BCUT2D eigenvalue weighted by atomic mass is 10.1. The molecule has 1 fully saturated rings. The van der Waals surface area contributed by atoms with Crippen LogP contribution in [0.3, 0.4) is 0 Å². The highest BCUT2D eigenvalue weighted by Gasteiger charge is 2.28. The van der Waals surface area contributed by atoms with Gasteiger partial charge in [0.1, 0.15) is 0 Å². The van der Waals surface area contributed by atoms with Crippen LogP contribution in [0, 0.1) is 13.8 Å². The Kier molecular flexibility index (Phi) is 6.45. The maximum atomic E-state index is 13.4. The van der Waals surface area contributed by atoms with Crippen LogP contribution in [0.2, 0.25) is 0 Å². The Balaban J connectivity index is 1.81. The van der Waals surface area contributed by atoms with Crippen LogP contribution in [0.1, 0.15) is 34.1 Å². The predicted molar refractivity (Wildman–Crippen MR) is 127 cm³/mol. The van der Waals surface area contributed by atoms with E-state index in [0.29, 0.717) is 31.9 Å². The van der Waals surface area contributed by atoms with Gasteiger partial charge in [-0.1, -0.05) is 36.4 Å². The molecule has 2 heterocycles. The monoisotopic (exact) mass is 461 g/mol. The van der Waals surface area contributed by atoms with E-state index >= 15 is 0 Å². The fourth-order valence-electron chi connectivity index (χ4n) is 4.05. The fraction of sp³-hybridized carbons (Fsp3) is 0.320. The Hall–Kier alpha value is -4.01. The lowest BCUT2D eigenvalue weighted by Gasteiger charge is -2.33. The molecular formula is C25H27N5O4. The summed E-state index contributed by atoms with van der Waals surface area (Å²) in [4.78, 5) is 54.9.